The summed E-state index contributed by atoms with van der Waals surface area (Å²) in [6.07, 6.45) is 0. The molecule has 2 aromatic carbocycles. The molecule has 0 saturated carbocycles. The van der Waals surface area contributed by atoms with Gasteiger partial charge >= 0.3 is 5.97 Å². The first-order valence-corrected chi connectivity index (χ1v) is 11.7. The summed E-state index contributed by atoms with van der Waals surface area (Å²) in [6.45, 7) is 8.12. The molecule has 0 spiro atoms. The maximum atomic E-state index is 11.2. The summed E-state index contributed by atoms with van der Waals surface area (Å²) < 4.78 is 0. The first kappa shape index (κ1) is 25.8. The Morgan fingerprint density at radius 1 is 1.14 bits per heavy atom. The molecule has 0 radical (unpaired) electrons. The fourth-order valence-electron chi connectivity index (χ4n) is 3.23. The van der Waals surface area contributed by atoms with Crippen molar-refractivity contribution >= 4 is 51.7 Å². The largest absolute Gasteiger partial charge is 0.506 e. The molecule has 1 heterocycles. The Bertz CT molecular complexity index is 1320. The molecule has 0 bridgehead atoms. The third kappa shape index (κ3) is 6.00. The van der Waals surface area contributed by atoms with Gasteiger partial charge in [0.1, 0.15) is 11.3 Å². The molecular weight excluding hydrogens is 488 g/mol. The highest BCUT2D eigenvalue weighted by Gasteiger charge is 2.20. The molecule has 3 rings (SSSR count). The molecule has 35 heavy (non-hydrogen) atoms. The number of hydrogen-bond donors (Lipinski definition) is 4. The number of thiophene rings is 1. The standard InChI is InChI=1S/C24H24N4O5S2/c1-13(18-12-35-21(20(18)29)14-5-7-15(8-6-14)24(2,3)4)26-27-23(34)25-16-9-10-17(22(30)31)19(11-16)28(32)33/h5-12,29H,1-4H3,(H,30,31)(H2,25,27,34). The van der Waals surface area contributed by atoms with E-state index in [1.54, 1.807) is 12.3 Å². The normalized spacial score (nSPS) is 11.7. The summed E-state index contributed by atoms with van der Waals surface area (Å²) >= 11 is 6.58. The first-order valence-electron chi connectivity index (χ1n) is 10.4. The van der Waals surface area contributed by atoms with Crippen LogP contribution in [-0.2, 0) is 5.41 Å². The zero-order valence-electron chi connectivity index (χ0n) is 19.4. The Kier molecular flexibility index (Phi) is 7.51. The van der Waals surface area contributed by atoms with E-state index in [2.05, 4.69) is 36.6 Å². The number of nitro groups is 1. The topological polar surface area (TPSA) is 137 Å². The van der Waals surface area contributed by atoms with E-state index in [9.17, 15) is 20.0 Å². The number of carboxylic acids is 1. The molecule has 0 aliphatic heterocycles. The van der Waals surface area contributed by atoms with Gasteiger partial charge in [-0.15, -0.1) is 11.3 Å². The predicted molar refractivity (Wildman–Crippen MR) is 142 cm³/mol. The number of carboxylic acid groups (broad SMARTS) is 1. The van der Waals surface area contributed by atoms with E-state index >= 15 is 0 Å². The van der Waals surface area contributed by atoms with Crippen molar-refractivity contribution in [3.05, 3.63) is 74.6 Å². The Balaban J connectivity index is 1.72. The Hall–Kier alpha value is -3.83. The number of anilines is 1. The molecule has 3 aromatic rings. The Morgan fingerprint density at radius 2 is 1.80 bits per heavy atom. The number of aromatic carboxylic acids is 1. The molecule has 0 aliphatic rings. The highest BCUT2D eigenvalue weighted by Crippen LogP contribution is 2.39. The van der Waals surface area contributed by atoms with Gasteiger partial charge in [0.2, 0.25) is 0 Å². The van der Waals surface area contributed by atoms with E-state index < -0.39 is 22.1 Å². The van der Waals surface area contributed by atoms with Crippen molar-refractivity contribution in [2.45, 2.75) is 33.1 Å². The van der Waals surface area contributed by atoms with E-state index in [0.29, 0.717) is 11.3 Å². The average Bonchev–Trinajstić information content (AvgIpc) is 3.18. The zero-order chi connectivity index (χ0) is 25.9. The second-order valence-electron chi connectivity index (χ2n) is 8.71. The van der Waals surface area contributed by atoms with Crippen LogP contribution in [0.15, 0.2) is 52.9 Å². The van der Waals surface area contributed by atoms with Crippen LogP contribution in [0.25, 0.3) is 10.4 Å². The van der Waals surface area contributed by atoms with E-state index in [1.165, 1.54) is 23.0 Å². The van der Waals surface area contributed by atoms with Gasteiger partial charge in [0.05, 0.1) is 21.1 Å². The van der Waals surface area contributed by atoms with Crippen LogP contribution < -0.4 is 10.7 Å². The van der Waals surface area contributed by atoms with Crippen LogP contribution in [-0.4, -0.2) is 31.9 Å². The maximum absolute atomic E-state index is 11.2. The van der Waals surface area contributed by atoms with Gasteiger partial charge in [-0.05, 0) is 47.8 Å². The van der Waals surface area contributed by atoms with Gasteiger partial charge in [0.15, 0.2) is 5.11 Å². The minimum absolute atomic E-state index is 0.0335. The van der Waals surface area contributed by atoms with E-state index in [-0.39, 0.29) is 22.0 Å². The zero-order valence-corrected chi connectivity index (χ0v) is 21.1. The number of thiocarbonyl (C=S) groups is 1. The summed E-state index contributed by atoms with van der Waals surface area (Å²) in [5.74, 6) is -1.29. The summed E-state index contributed by atoms with van der Waals surface area (Å²) in [5, 5.41) is 39.8. The van der Waals surface area contributed by atoms with E-state index in [4.69, 9.17) is 17.3 Å². The second-order valence-corrected chi connectivity index (χ2v) is 10.00. The third-order valence-corrected chi connectivity index (χ3v) is 6.39. The maximum Gasteiger partial charge on any atom is 0.342 e. The van der Waals surface area contributed by atoms with Crippen LogP contribution in [0.5, 0.6) is 5.75 Å². The lowest BCUT2D eigenvalue weighted by molar-refractivity contribution is -0.385. The molecule has 0 unspecified atom stereocenters. The van der Waals surface area contributed by atoms with Crippen LogP contribution in [0.1, 0.15) is 49.2 Å². The Labute approximate surface area is 211 Å². The van der Waals surface area contributed by atoms with Crippen molar-refractivity contribution in [1.29, 1.82) is 0 Å². The van der Waals surface area contributed by atoms with Gasteiger partial charge in [-0.1, -0.05) is 45.0 Å². The fraction of sp³-hybridized carbons (Fsp3) is 0.208. The smallest absolute Gasteiger partial charge is 0.342 e. The summed E-state index contributed by atoms with van der Waals surface area (Å²) in [7, 11) is 0. The number of benzene rings is 2. The second kappa shape index (κ2) is 10.2. The van der Waals surface area contributed by atoms with Gasteiger partial charge in [-0.25, -0.2) is 4.79 Å². The van der Waals surface area contributed by atoms with E-state index in [0.717, 1.165) is 22.6 Å². The molecule has 0 aliphatic carbocycles. The minimum atomic E-state index is -1.40. The van der Waals surface area contributed by atoms with Gasteiger partial charge < -0.3 is 15.5 Å². The minimum Gasteiger partial charge on any atom is -0.506 e. The molecule has 0 amide bonds. The number of nitro benzene ring substituents is 1. The molecule has 11 heteroatoms. The first-order chi connectivity index (χ1) is 16.4. The third-order valence-electron chi connectivity index (χ3n) is 5.18. The lowest BCUT2D eigenvalue weighted by atomic mass is 9.86. The summed E-state index contributed by atoms with van der Waals surface area (Å²) in [4.78, 5) is 22.2. The van der Waals surface area contributed by atoms with Crippen LogP contribution >= 0.6 is 23.6 Å². The van der Waals surface area contributed by atoms with Gasteiger partial charge in [-0.3, -0.25) is 15.5 Å². The van der Waals surface area contributed by atoms with Crippen molar-refractivity contribution in [3.63, 3.8) is 0 Å². The van der Waals surface area contributed by atoms with Crippen molar-refractivity contribution in [3.8, 4) is 16.2 Å². The van der Waals surface area contributed by atoms with Crippen molar-refractivity contribution in [2.75, 3.05) is 5.32 Å². The van der Waals surface area contributed by atoms with Crippen molar-refractivity contribution in [1.82, 2.24) is 5.43 Å². The summed E-state index contributed by atoms with van der Waals surface area (Å²) in [6, 6.07) is 11.6. The van der Waals surface area contributed by atoms with Crippen LogP contribution in [0.3, 0.4) is 0 Å². The average molecular weight is 513 g/mol. The van der Waals surface area contributed by atoms with Gasteiger partial charge in [0.25, 0.3) is 5.69 Å². The lowest BCUT2D eigenvalue weighted by Gasteiger charge is -2.19. The summed E-state index contributed by atoms with van der Waals surface area (Å²) in [5.41, 5.74) is 5.03. The number of carbonyl (C=O) groups is 1. The molecule has 4 N–H and O–H groups in total. The molecule has 1 aromatic heterocycles. The van der Waals surface area contributed by atoms with Crippen molar-refractivity contribution < 1.29 is 19.9 Å². The van der Waals surface area contributed by atoms with Gasteiger partial charge in [0, 0.05) is 17.1 Å². The molecule has 0 atom stereocenters. The van der Waals surface area contributed by atoms with Gasteiger partial charge in [-0.2, -0.15) is 5.10 Å². The number of aromatic hydroxyl groups is 1. The van der Waals surface area contributed by atoms with Crippen LogP contribution in [0, 0.1) is 10.1 Å². The molecule has 182 valence electrons. The number of hydrazone groups is 1. The Morgan fingerprint density at radius 3 is 2.37 bits per heavy atom. The quantitative estimate of drug-likeness (QED) is 0.142. The predicted octanol–water partition coefficient (Wildman–Crippen LogP) is 5.74. The molecule has 9 nitrogen and oxygen atoms in total. The lowest BCUT2D eigenvalue weighted by Crippen LogP contribution is -2.25. The monoisotopic (exact) mass is 512 g/mol. The molecule has 0 saturated heterocycles. The number of nitrogens with zero attached hydrogens (tertiary/aromatic N) is 2. The molecular formula is C24H24N4O5S2. The number of rotatable bonds is 6. The van der Waals surface area contributed by atoms with Crippen LogP contribution in [0.2, 0.25) is 0 Å². The van der Waals surface area contributed by atoms with Crippen molar-refractivity contribution in [2.24, 2.45) is 5.10 Å². The highest BCUT2D eigenvalue weighted by atomic mass is 32.1. The highest BCUT2D eigenvalue weighted by molar-refractivity contribution is 7.80. The van der Waals surface area contributed by atoms with E-state index in [1.807, 2.05) is 24.3 Å². The van der Waals surface area contributed by atoms with Crippen LogP contribution in [0.4, 0.5) is 11.4 Å². The number of nitrogens with one attached hydrogen (secondary N) is 2. The molecule has 0 fully saturated rings. The SMILES string of the molecule is CC(=NNC(=S)Nc1ccc(C(=O)O)c([N+](=O)[O-])c1)c1csc(-c2ccc(C(C)(C)C)cc2)c1O. The number of hydrogen-bond acceptors (Lipinski definition) is 7. The fourth-order valence-corrected chi connectivity index (χ4v) is 4.41.